The minimum Gasteiger partial charge on any atom is -0.508 e. The zero-order chi connectivity index (χ0) is 109. The molecule has 21 heteroatoms. The molecule has 0 saturated carbocycles. The van der Waals surface area contributed by atoms with Crippen molar-refractivity contribution in [1.82, 2.24) is 16.0 Å². The molecule has 0 bridgehead atoms. The highest BCUT2D eigenvalue weighted by atomic mass is 16.5. The van der Waals surface area contributed by atoms with Gasteiger partial charge < -0.3 is 65.9 Å². The van der Waals surface area contributed by atoms with Crippen LogP contribution < -0.4 is 50.8 Å². The Hall–Kier alpha value is -11.6. The summed E-state index contributed by atoms with van der Waals surface area (Å²) in [5.74, 6) is 4.90. The van der Waals surface area contributed by atoms with Crippen molar-refractivity contribution in [3.8, 4) is 34.5 Å². The van der Waals surface area contributed by atoms with Gasteiger partial charge in [-0.25, -0.2) is 0 Å². The molecule has 0 radical (unpaired) electrons. The van der Waals surface area contributed by atoms with E-state index in [1.165, 1.54) is 27.8 Å². The molecule has 0 aromatic heterocycles. The van der Waals surface area contributed by atoms with Crippen LogP contribution in [-0.4, -0.2) is 110 Å². The third-order valence-electron chi connectivity index (χ3n) is 27.1. The molecule has 21 nitrogen and oxygen atoms in total. The Kier molecular flexibility index (Phi) is 43.5. The average molecular weight is 2020 g/mol. The number of ketones is 2. The van der Waals surface area contributed by atoms with Crippen molar-refractivity contribution < 1.29 is 72.3 Å². The third kappa shape index (κ3) is 41.1. The van der Waals surface area contributed by atoms with Gasteiger partial charge in [-0.15, -0.1) is 0 Å². The van der Waals surface area contributed by atoms with E-state index >= 15 is 0 Å². The number of hydrogen-bond donors (Lipinski definition) is 8. The molecule has 0 spiro atoms. The summed E-state index contributed by atoms with van der Waals surface area (Å²) in [5, 5.41) is 37.4. The average Bonchev–Trinajstić information content (AvgIpc) is 1.76. The van der Waals surface area contributed by atoms with Crippen molar-refractivity contribution in [1.29, 1.82) is 0 Å². The molecule has 8 N–H and O–H groups in total. The maximum absolute atomic E-state index is 12.5. The fourth-order valence-electron chi connectivity index (χ4n) is 20.2. The summed E-state index contributed by atoms with van der Waals surface area (Å²) in [6.07, 6.45) is 23.7. The van der Waals surface area contributed by atoms with Gasteiger partial charge in [0.05, 0.1) is 28.4 Å². The van der Waals surface area contributed by atoms with E-state index in [1.54, 1.807) is 52.7 Å². The number of carbonyl (C=O) groups excluding carboxylic acids is 9. The molecule has 6 heterocycles. The number of hydrogen-bond acceptors (Lipinski definition) is 15. The number of rotatable bonds is 11. The molecule has 7 unspecified atom stereocenters. The van der Waals surface area contributed by atoms with Crippen LogP contribution in [0.1, 0.15) is 376 Å². The second-order valence-electron chi connectivity index (χ2n) is 51.1. The molecule has 2 aliphatic carbocycles. The number of aryl methyl sites for hydroxylation is 10. The van der Waals surface area contributed by atoms with Gasteiger partial charge in [-0.2, -0.15) is 0 Å². The summed E-state index contributed by atoms with van der Waals surface area (Å²) >= 11 is 0. The fraction of sp³-hybridized carbons (Fsp3) is 0.548. The number of phenols is 2. The van der Waals surface area contributed by atoms with Crippen LogP contribution in [-0.2, 0) is 70.5 Å². The molecule has 8 aromatic carbocycles. The van der Waals surface area contributed by atoms with Crippen LogP contribution >= 0.6 is 0 Å². The van der Waals surface area contributed by atoms with E-state index in [4.69, 9.17) is 18.9 Å². The van der Waals surface area contributed by atoms with Crippen molar-refractivity contribution in [2.45, 2.75) is 352 Å². The van der Waals surface area contributed by atoms with Gasteiger partial charge in [0.25, 0.3) is 17.7 Å². The van der Waals surface area contributed by atoms with Crippen LogP contribution in [0.25, 0.3) is 0 Å². The first-order chi connectivity index (χ1) is 68.4. The van der Waals surface area contributed by atoms with Crippen LogP contribution in [0.15, 0.2) is 146 Å². The monoisotopic (exact) mass is 2020 g/mol. The van der Waals surface area contributed by atoms with Crippen LogP contribution in [0.5, 0.6) is 34.5 Å². The number of methoxy groups -OCH3 is 4. The van der Waals surface area contributed by atoms with Crippen molar-refractivity contribution in [2.24, 2.45) is 67.0 Å². The normalized spacial score (nSPS) is 19.0. The van der Waals surface area contributed by atoms with Crippen molar-refractivity contribution >= 4 is 70.4 Å². The molecular weight excluding hydrogens is 1840 g/mol. The van der Waals surface area contributed by atoms with E-state index in [0.717, 1.165) is 244 Å². The second-order valence-corrected chi connectivity index (χ2v) is 51.1. The van der Waals surface area contributed by atoms with Gasteiger partial charge in [0.2, 0.25) is 17.7 Å². The van der Waals surface area contributed by atoms with Gasteiger partial charge in [-0.1, -0.05) is 232 Å². The van der Waals surface area contributed by atoms with Crippen molar-refractivity contribution in [2.75, 3.05) is 44.4 Å². The van der Waals surface area contributed by atoms with Crippen LogP contribution in [0.2, 0.25) is 0 Å². The molecule has 147 heavy (non-hydrogen) atoms. The van der Waals surface area contributed by atoms with E-state index in [1.807, 2.05) is 119 Å². The molecule has 6 amide bonds. The summed E-state index contributed by atoms with van der Waals surface area (Å²) in [6, 6.07) is 46.9. The van der Waals surface area contributed by atoms with Gasteiger partial charge in [0, 0.05) is 111 Å². The number of phenolic OH excluding ortho intramolecular Hbond substituents is 2. The molecule has 0 saturated heterocycles. The SMILES string of the molecule is CC(C)(C)C=O.CC(C)(C)CC1CCc2ccc(O)cc2C(=O)N1.CC(C)(C)CC1CCc2ccc(O)cc2NC1=O.COc1ccc2c(c1)C(=O)C(CC(C)(C)C)CC2.COc1ccc2c(c1)C(=O)CCC2.COc1ccc2c(c1)C(=O)NC(CC(C)(C)C)CC2.COc1ccc2c(c1)NC(=O)C(CC(C)(C)C)CC2.Cc1ccc2c(c1)C(=O)NC(CC(C)(C)C)CC2.Cc1ccc2c(c1)NC(=O)C(CC(C)(C)C)CC2. The molecular formula is C126H178N6O15. The third-order valence-corrected chi connectivity index (χ3v) is 27.1. The minimum absolute atomic E-state index is 0.0284. The standard InChI is InChI=1S/2C16H23NO2.2C16H23NO.C16H22O2.2C15H21NO2.C11H12O2.C5H10O/c1-16(2,3)10-12-7-5-11-6-8-13(19-4)9-14(11)15(18)17-12;1-16(2,3)10-12-6-5-11-7-8-13(19-4)9-14(11)17-15(12)18;1-11-5-6-12-7-8-13(10-16(2,3)4)17-15(18)14(12)9-11;1-11-5-6-12-7-8-13(10-16(2,3)4)15(18)17-14(12)9-11;1-16(2,3)10-12-6-5-11-7-8-13(18-4)9-14(11)15(12)17;1-15(2,3)9-11-6-4-10-5-7-12(17)8-13(10)14(18)16-11;1-15(2,3)9-11-5-4-10-6-7-12(17)8-13(10)16-14(11)18;1-13-9-6-5-8-3-2-4-11(12)10(8)7-9;1-5(2,3)4-6/h6,8-9,12H,5,7,10H2,1-4H3,(H,17,18);7-9,12H,5-6,10H2,1-4H3,(H,17,18);2*5-6,9,13H,7-8,10H2,1-4H3,(H,17,18);7-9,12H,5-6,10H2,1-4H3;5,7-8,11,17H,4,6,9H2,1-3H3,(H,16,18);6-8,11,17H,4-5,9H2,1-3H3,(H,16,18);5-7H,2-4H2,1H3;4H,1-3H3. The molecule has 802 valence electrons. The summed E-state index contributed by atoms with van der Waals surface area (Å²) in [7, 11) is 6.53. The number of nitrogens with one attached hydrogen (secondary N) is 6. The summed E-state index contributed by atoms with van der Waals surface area (Å²) in [6.45, 7) is 55.8. The highest BCUT2D eigenvalue weighted by Crippen LogP contribution is 2.41. The Morgan fingerprint density at radius 3 is 0.932 bits per heavy atom. The predicted molar refractivity (Wildman–Crippen MR) is 598 cm³/mol. The van der Waals surface area contributed by atoms with Crippen molar-refractivity contribution in [3.63, 3.8) is 0 Å². The number of benzene rings is 8. The molecule has 16 rings (SSSR count). The topological polar surface area (TPSA) is 303 Å². The quantitative estimate of drug-likeness (QED) is 0.0558. The van der Waals surface area contributed by atoms with Gasteiger partial charge in [0.1, 0.15) is 40.8 Å². The number of aromatic hydroxyl groups is 2. The van der Waals surface area contributed by atoms with E-state index < -0.39 is 0 Å². The fourth-order valence-corrected chi connectivity index (χ4v) is 20.2. The number of carbonyl (C=O) groups is 9. The van der Waals surface area contributed by atoms with Gasteiger partial charge in [-0.3, -0.25) is 38.4 Å². The molecule has 0 fully saturated rings. The smallest absolute Gasteiger partial charge is 0.251 e. The minimum atomic E-state index is -0.139. The van der Waals surface area contributed by atoms with E-state index in [0.29, 0.717) is 23.8 Å². The number of fused-ring (bicyclic) bond motifs is 8. The van der Waals surface area contributed by atoms with Gasteiger partial charge in [-0.05, 0) is 322 Å². The maximum Gasteiger partial charge on any atom is 0.251 e. The zero-order valence-corrected chi connectivity index (χ0v) is 94.6. The summed E-state index contributed by atoms with van der Waals surface area (Å²) in [5.41, 5.74) is 19.5. The largest absolute Gasteiger partial charge is 0.508 e. The predicted octanol–water partition coefficient (Wildman–Crippen LogP) is 27.7. The van der Waals surface area contributed by atoms with E-state index in [2.05, 4.69) is 215 Å². The molecule has 8 aliphatic rings. The summed E-state index contributed by atoms with van der Waals surface area (Å²) in [4.78, 5) is 107. The number of ether oxygens (including phenoxy) is 4. The second kappa shape index (κ2) is 53.0. The highest BCUT2D eigenvalue weighted by molar-refractivity contribution is 6.02. The first-order valence-electron chi connectivity index (χ1n) is 53.4. The van der Waals surface area contributed by atoms with Crippen LogP contribution in [0.4, 0.5) is 17.1 Å². The van der Waals surface area contributed by atoms with Gasteiger partial charge >= 0.3 is 0 Å². The van der Waals surface area contributed by atoms with Crippen LogP contribution in [0.3, 0.4) is 0 Å². The lowest BCUT2D eigenvalue weighted by atomic mass is 9.75. The Bertz CT molecular complexity index is 5630. The van der Waals surface area contributed by atoms with E-state index in [9.17, 15) is 53.4 Å². The molecule has 8 aromatic rings. The zero-order valence-electron chi connectivity index (χ0n) is 94.6. The van der Waals surface area contributed by atoms with Crippen molar-refractivity contribution in [3.05, 3.63) is 229 Å². The lowest BCUT2D eigenvalue weighted by Gasteiger charge is -2.29. The Morgan fingerprint density at radius 1 is 0.286 bits per heavy atom. The first-order valence-corrected chi connectivity index (χ1v) is 53.4. The molecule has 7 atom stereocenters. The number of Topliss-reactive ketones (excluding diaryl/α,β-unsaturated/α-hetero) is 2. The van der Waals surface area contributed by atoms with Gasteiger partial charge in [0.15, 0.2) is 11.6 Å². The summed E-state index contributed by atoms with van der Waals surface area (Å²) < 4.78 is 20.7. The number of anilines is 3. The number of aldehydes is 1. The first kappa shape index (κ1) is 121. The van der Waals surface area contributed by atoms with E-state index in [-0.39, 0.29) is 132 Å². The highest BCUT2D eigenvalue weighted by Gasteiger charge is 2.36. The Labute approximate surface area is 880 Å². The Morgan fingerprint density at radius 2 is 0.551 bits per heavy atom. The number of amides is 6. The lowest BCUT2D eigenvalue weighted by Crippen LogP contribution is -2.36. The van der Waals surface area contributed by atoms with Crippen LogP contribution in [0, 0.1) is 80.8 Å². The molecule has 6 aliphatic heterocycles. The lowest BCUT2D eigenvalue weighted by molar-refractivity contribution is -0.121. The maximum atomic E-state index is 12.5. The Balaban J connectivity index is 0.000000203.